The lowest BCUT2D eigenvalue weighted by Crippen LogP contribution is -2.55. The summed E-state index contributed by atoms with van der Waals surface area (Å²) < 4.78 is 44.7. The molecular weight excluding hydrogens is 565 g/mol. The van der Waals surface area contributed by atoms with E-state index in [9.17, 15) is 17.6 Å². The van der Waals surface area contributed by atoms with E-state index in [1.165, 1.54) is 13.2 Å². The van der Waals surface area contributed by atoms with Crippen molar-refractivity contribution in [2.75, 3.05) is 51.3 Å². The van der Waals surface area contributed by atoms with Crippen molar-refractivity contribution in [3.05, 3.63) is 59.9 Å². The molecule has 234 valence electrons. The summed E-state index contributed by atoms with van der Waals surface area (Å²) in [5.41, 5.74) is 8.41. The van der Waals surface area contributed by atoms with Crippen LogP contribution in [0.1, 0.15) is 56.9 Å². The number of ether oxygens (including phenoxy) is 1. The third-order valence-corrected chi connectivity index (χ3v) is 13.2. The first-order chi connectivity index (χ1) is 20.7. The van der Waals surface area contributed by atoms with Gasteiger partial charge in [0, 0.05) is 49.6 Å². The second-order valence-corrected chi connectivity index (χ2v) is 15.6. The van der Waals surface area contributed by atoms with E-state index in [4.69, 9.17) is 10.5 Å². The molecule has 2 saturated carbocycles. The Labute approximate surface area is 255 Å². The summed E-state index contributed by atoms with van der Waals surface area (Å²) in [7, 11) is -1.70. The number of likely N-dealkylation sites (tertiary alicyclic amines) is 1. The van der Waals surface area contributed by atoms with Crippen LogP contribution in [0.2, 0.25) is 0 Å². The Morgan fingerprint density at radius 3 is 2.37 bits per heavy atom. The molecule has 0 bridgehead atoms. The lowest BCUT2D eigenvalue weighted by Gasteiger charge is -2.51. The number of methoxy groups -OCH3 is 1. The van der Waals surface area contributed by atoms with Gasteiger partial charge in [0.25, 0.3) is 0 Å². The van der Waals surface area contributed by atoms with Gasteiger partial charge in [-0.25, -0.2) is 12.8 Å². The molecule has 2 aromatic carbocycles. The molecule has 0 radical (unpaired) electrons. The van der Waals surface area contributed by atoms with Crippen LogP contribution in [0.15, 0.2) is 53.4 Å². The molecule has 2 saturated heterocycles. The number of carbonyl (C=O) groups is 1. The summed E-state index contributed by atoms with van der Waals surface area (Å²) in [6.07, 6.45) is 7.00. The van der Waals surface area contributed by atoms with Crippen LogP contribution in [-0.4, -0.2) is 70.9 Å². The van der Waals surface area contributed by atoms with Gasteiger partial charge in [-0.15, -0.1) is 0 Å². The van der Waals surface area contributed by atoms with Gasteiger partial charge < -0.3 is 20.3 Å². The summed E-state index contributed by atoms with van der Waals surface area (Å²) in [6.45, 7) is 5.41. The molecular formula is C34H46FN3O4S. The van der Waals surface area contributed by atoms with Gasteiger partial charge in [-0.3, -0.25) is 4.79 Å². The van der Waals surface area contributed by atoms with Gasteiger partial charge >= 0.3 is 5.97 Å². The minimum Gasteiger partial charge on any atom is -0.469 e. The predicted molar refractivity (Wildman–Crippen MR) is 166 cm³/mol. The molecule has 0 amide bonds. The zero-order valence-electron chi connectivity index (χ0n) is 25.3. The fraction of sp³-hybridized carbons (Fsp3) is 0.618. The van der Waals surface area contributed by atoms with Gasteiger partial charge in [-0.2, -0.15) is 0 Å². The SMILES string of the molecule is COC(=O)C[C@H]1CCC[C@@H]1[C@](CN)(c1cccc(F)c1)C1CCN(CC2CN(c3ccc(S(=O)(=O)C4CC4)cc3)C2)CC1. The van der Waals surface area contributed by atoms with E-state index in [0.717, 1.165) is 88.9 Å². The Morgan fingerprint density at radius 2 is 1.74 bits per heavy atom. The fourth-order valence-corrected chi connectivity index (χ4v) is 10.2. The number of carbonyl (C=O) groups excluding carboxylic acids is 1. The highest BCUT2D eigenvalue weighted by molar-refractivity contribution is 7.92. The molecule has 2 heterocycles. The summed E-state index contributed by atoms with van der Waals surface area (Å²) in [6, 6.07) is 14.5. The molecule has 3 atom stereocenters. The Bertz CT molecular complexity index is 1380. The third kappa shape index (κ3) is 6.09. The van der Waals surface area contributed by atoms with Crippen LogP contribution < -0.4 is 10.6 Å². The van der Waals surface area contributed by atoms with Crippen molar-refractivity contribution >= 4 is 21.5 Å². The zero-order chi connectivity index (χ0) is 30.2. The number of hydrogen-bond acceptors (Lipinski definition) is 7. The van der Waals surface area contributed by atoms with Gasteiger partial charge in [0.2, 0.25) is 0 Å². The van der Waals surface area contributed by atoms with Crippen LogP contribution >= 0.6 is 0 Å². The standard InChI is InChI=1S/C34H46FN3O4S/c1-42-33(39)18-25-4-2-7-32(25)34(23-36,27-5-3-6-28(35)19-27)26-14-16-37(17-15-26)20-24-21-38(22-24)29-8-10-30(11-9-29)43(40,41)31-12-13-31/h3,5-6,8-11,19,24-26,31-32H,2,4,7,12-18,20-23,36H2,1H3/t25-,32+,34+/m1/s1. The number of halogens is 1. The lowest BCUT2D eigenvalue weighted by atomic mass is 9.57. The quantitative estimate of drug-likeness (QED) is 0.366. The van der Waals surface area contributed by atoms with Gasteiger partial charge in [0.05, 0.1) is 17.3 Å². The van der Waals surface area contributed by atoms with E-state index in [-0.39, 0.29) is 34.3 Å². The van der Waals surface area contributed by atoms with E-state index in [2.05, 4.69) is 9.80 Å². The Morgan fingerprint density at radius 1 is 1.02 bits per heavy atom. The molecule has 0 unspecified atom stereocenters. The number of anilines is 1. The van der Waals surface area contributed by atoms with Crippen LogP contribution in [0.25, 0.3) is 0 Å². The van der Waals surface area contributed by atoms with Crippen molar-refractivity contribution < 1.29 is 22.3 Å². The minimum atomic E-state index is -3.15. The average molecular weight is 612 g/mol. The second kappa shape index (κ2) is 12.5. The highest BCUT2D eigenvalue weighted by Crippen LogP contribution is 2.53. The van der Waals surface area contributed by atoms with Crippen molar-refractivity contribution in [2.24, 2.45) is 29.4 Å². The molecule has 4 fully saturated rings. The summed E-state index contributed by atoms with van der Waals surface area (Å²) in [4.78, 5) is 17.7. The van der Waals surface area contributed by atoms with E-state index in [1.807, 2.05) is 18.2 Å². The van der Waals surface area contributed by atoms with Crippen LogP contribution in [0.5, 0.6) is 0 Å². The number of benzene rings is 2. The van der Waals surface area contributed by atoms with Crippen LogP contribution in [0, 0.1) is 29.5 Å². The largest absolute Gasteiger partial charge is 0.469 e. The van der Waals surface area contributed by atoms with E-state index in [0.29, 0.717) is 29.7 Å². The Balaban J connectivity index is 1.08. The van der Waals surface area contributed by atoms with Gasteiger partial charge in [-0.1, -0.05) is 18.6 Å². The molecule has 2 aromatic rings. The smallest absolute Gasteiger partial charge is 0.305 e. The first-order valence-corrected chi connectivity index (χ1v) is 17.6. The molecule has 7 nitrogen and oxygen atoms in total. The number of nitrogens with two attached hydrogens (primary N) is 1. The predicted octanol–water partition coefficient (Wildman–Crippen LogP) is 4.79. The summed E-state index contributed by atoms with van der Waals surface area (Å²) in [5.74, 6) is 0.909. The van der Waals surface area contributed by atoms with Gasteiger partial charge in [0.15, 0.2) is 9.84 Å². The summed E-state index contributed by atoms with van der Waals surface area (Å²) >= 11 is 0. The summed E-state index contributed by atoms with van der Waals surface area (Å²) in [5, 5.41) is -0.181. The molecule has 2 aliphatic carbocycles. The zero-order valence-corrected chi connectivity index (χ0v) is 26.1. The second-order valence-electron chi connectivity index (χ2n) is 13.4. The number of nitrogens with zero attached hydrogens (tertiary/aromatic N) is 2. The van der Waals surface area contributed by atoms with Crippen molar-refractivity contribution in [2.45, 2.75) is 66.9 Å². The number of hydrogen-bond donors (Lipinski definition) is 1. The molecule has 2 N–H and O–H groups in total. The average Bonchev–Trinajstić information content (AvgIpc) is 3.77. The molecule has 0 aromatic heterocycles. The van der Waals surface area contributed by atoms with Crippen molar-refractivity contribution in [1.82, 2.24) is 4.90 Å². The van der Waals surface area contributed by atoms with Gasteiger partial charge in [0.1, 0.15) is 5.82 Å². The third-order valence-electron chi connectivity index (χ3n) is 11.0. The normalized spacial score (nSPS) is 25.3. The van der Waals surface area contributed by atoms with Gasteiger partial charge in [-0.05, 0) is 111 Å². The fourth-order valence-electron chi connectivity index (χ4n) is 8.53. The number of sulfone groups is 1. The monoisotopic (exact) mass is 611 g/mol. The highest BCUT2D eigenvalue weighted by Gasteiger charge is 2.51. The van der Waals surface area contributed by atoms with Crippen molar-refractivity contribution in [3.63, 3.8) is 0 Å². The molecule has 2 aliphatic heterocycles. The number of esters is 1. The minimum absolute atomic E-state index is 0.175. The maximum Gasteiger partial charge on any atom is 0.305 e. The lowest BCUT2D eigenvalue weighted by molar-refractivity contribution is -0.142. The van der Waals surface area contributed by atoms with Crippen molar-refractivity contribution in [1.29, 1.82) is 0 Å². The van der Waals surface area contributed by atoms with E-state index < -0.39 is 9.84 Å². The van der Waals surface area contributed by atoms with Crippen LogP contribution in [0.3, 0.4) is 0 Å². The van der Waals surface area contributed by atoms with Crippen LogP contribution in [-0.2, 0) is 24.8 Å². The first-order valence-electron chi connectivity index (χ1n) is 16.1. The number of piperidine rings is 1. The Kier molecular flexibility index (Phi) is 8.86. The maximum absolute atomic E-state index is 14.6. The van der Waals surface area contributed by atoms with E-state index in [1.54, 1.807) is 24.3 Å². The Hall–Kier alpha value is -2.49. The maximum atomic E-state index is 14.6. The molecule has 9 heteroatoms. The highest BCUT2D eigenvalue weighted by atomic mass is 32.2. The van der Waals surface area contributed by atoms with E-state index >= 15 is 0 Å². The van der Waals surface area contributed by atoms with Crippen LogP contribution in [0.4, 0.5) is 10.1 Å². The molecule has 0 spiro atoms. The topological polar surface area (TPSA) is 92.9 Å². The number of rotatable bonds is 11. The molecule has 43 heavy (non-hydrogen) atoms. The molecule has 4 aliphatic rings. The van der Waals surface area contributed by atoms with Crippen molar-refractivity contribution in [3.8, 4) is 0 Å². The molecule has 6 rings (SSSR count). The first kappa shape index (κ1) is 30.5.